The maximum Gasteiger partial charge on any atom is 0.250 e. The molecule has 2 amide bonds. The van der Waals surface area contributed by atoms with E-state index in [9.17, 15) is 14.4 Å². The molecule has 1 aliphatic heterocycles. The topological polar surface area (TPSA) is 71.4 Å². The molecule has 0 radical (unpaired) electrons. The van der Waals surface area contributed by atoms with Gasteiger partial charge in [0.2, 0.25) is 11.8 Å². The molecule has 1 saturated heterocycles. The molecular formula is C19H21N3O3. The molecule has 1 aromatic heterocycles. The number of hydrogen-bond donors (Lipinski definition) is 1. The summed E-state index contributed by atoms with van der Waals surface area (Å²) in [6.07, 6.45) is 2.98. The van der Waals surface area contributed by atoms with Gasteiger partial charge in [-0.1, -0.05) is 23.8 Å². The Morgan fingerprint density at radius 3 is 2.64 bits per heavy atom. The van der Waals surface area contributed by atoms with Crippen LogP contribution in [-0.4, -0.2) is 29.0 Å². The number of piperidine rings is 1. The molecule has 1 aliphatic rings. The minimum Gasteiger partial charge on any atom is -0.343 e. The summed E-state index contributed by atoms with van der Waals surface area (Å²) in [5.41, 5.74) is 1.73. The van der Waals surface area contributed by atoms with Crippen LogP contribution in [0, 0.1) is 6.92 Å². The highest BCUT2D eigenvalue weighted by Gasteiger charge is 2.30. The largest absolute Gasteiger partial charge is 0.343 e. The lowest BCUT2D eigenvalue weighted by molar-refractivity contribution is -0.128. The van der Waals surface area contributed by atoms with Gasteiger partial charge in [0.15, 0.2) is 0 Å². The number of aromatic nitrogens is 1. The first kappa shape index (κ1) is 17.0. The highest BCUT2D eigenvalue weighted by molar-refractivity contribution is 5.99. The Morgan fingerprint density at radius 2 is 1.92 bits per heavy atom. The van der Waals surface area contributed by atoms with Gasteiger partial charge < -0.3 is 14.8 Å². The number of anilines is 1. The lowest BCUT2D eigenvalue weighted by Gasteiger charge is -2.32. The number of amides is 2. The summed E-state index contributed by atoms with van der Waals surface area (Å²) < 4.78 is 1.32. The molecule has 1 N–H and O–H groups in total. The van der Waals surface area contributed by atoms with E-state index in [1.54, 1.807) is 23.2 Å². The summed E-state index contributed by atoms with van der Waals surface area (Å²) in [7, 11) is 0. The Bertz CT molecular complexity index is 826. The molecule has 1 unspecified atom stereocenters. The molecule has 0 saturated carbocycles. The number of aryl methyl sites for hydroxylation is 1. The zero-order valence-corrected chi connectivity index (χ0v) is 14.1. The smallest absolute Gasteiger partial charge is 0.250 e. The molecule has 0 bridgehead atoms. The minimum atomic E-state index is -0.554. The number of nitrogens with zero attached hydrogens (tertiary/aromatic N) is 2. The van der Waals surface area contributed by atoms with E-state index in [1.807, 2.05) is 31.2 Å². The van der Waals surface area contributed by atoms with Gasteiger partial charge in [-0.15, -0.1) is 0 Å². The second-order valence-electron chi connectivity index (χ2n) is 6.25. The fourth-order valence-electron chi connectivity index (χ4n) is 2.98. The van der Waals surface area contributed by atoms with Crippen LogP contribution >= 0.6 is 0 Å². The number of pyridine rings is 1. The summed E-state index contributed by atoms with van der Waals surface area (Å²) >= 11 is 0. The molecule has 2 aromatic rings. The van der Waals surface area contributed by atoms with Crippen LogP contribution < -0.4 is 15.8 Å². The van der Waals surface area contributed by atoms with E-state index in [1.165, 1.54) is 10.6 Å². The molecule has 3 rings (SSSR count). The summed E-state index contributed by atoms with van der Waals surface area (Å²) in [6.45, 7) is 2.55. The van der Waals surface area contributed by atoms with E-state index in [0.717, 1.165) is 17.7 Å². The average Bonchev–Trinajstić information content (AvgIpc) is 2.60. The zero-order valence-electron chi connectivity index (χ0n) is 14.1. The lowest BCUT2D eigenvalue weighted by atomic mass is 10.0. The molecule has 0 spiro atoms. The van der Waals surface area contributed by atoms with Crippen LogP contribution in [0.5, 0.6) is 0 Å². The van der Waals surface area contributed by atoms with Crippen molar-refractivity contribution in [2.75, 3.05) is 11.4 Å². The Labute approximate surface area is 146 Å². The van der Waals surface area contributed by atoms with Crippen molar-refractivity contribution in [1.29, 1.82) is 0 Å². The Balaban J connectivity index is 1.67. The Hall–Kier alpha value is -2.89. The first-order valence-corrected chi connectivity index (χ1v) is 8.37. The van der Waals surface area contributed by atoms with Gasteiger partial charge in [0.25, 0.3) is 5.56 Å². The van der Waals surface area contributed by atoms with Gasteiger partial charge in [0.05, 0.1) is 0 Å². The van der Waals surface area contributed by atoms with Crippen LogP contribution in [0.3, 0.4) is 0 Å². The van der Waals surface area contributed by atoms with Crippen LogP contribution in [0.1, 0.15) is 18.4 Å². The summed E-state index contributed by atoms with van der Waals surface area (Å²) in [4.78, 5) is 38.3. The van der Waals surface area contributed by atoms with Gasteiger partial charge in [-0.25, -0.2) is 0 Å². The van der Waals surface area contributed by atoms with E-state index >= 15 is 0 Å². The van der Waals surface area contributed by atoms with E-state index in [-0.39, 0.29) is 23.9 Å². The van der Waals surface area contributed by atoms with Crippen molar-refractivity contribution >= 4 is 17.5 Å². The Kier molecular flexibility index (Phi) is 4.97. The first-order chi connectivity index (χ1) is 12.0. The summed E-state index contributed by atoms with van der Waals surface area (Å²) in [5.74, 6) is -0.443. The highest BCUT2D eigenvalue weighted by atomic mass is 16.2. The molecule has 1 fully saturated rings. The number of carbonyl (C=O) groups excluding carboxylic acids is 2. The minimum absolute atomic E-state index is 0.0893. The van der Waals surface area contributed by atoms with Crippen LogP contribution in [0.2, 0.25) is 0 Å². The van der Waals surface area contributed by atoms with Crippen molar-refractivity contribution in [2.45, 2.75) is 32.4 Å². The summed E-state index contributed by atoms with van der Waals surface area (Å²) in [6, 6.07) is 11.9. The second-order valence-corrected chi connectivity index (χ2v) is 6.25. The molecule has 6 nitrogen and oxygen atoms in total. The number of rotatable bonds is 4. The van der Waals surface area contributed by atoms with Crippen molar-refractivity contribution < 1.29 is 9.59 Å². The number of hydrogen-bond acceptors (Lipinski definition) is 3. The first-order valence-electron chi connectivity index (χ1n) is 8.37. The van der Waals surface area contributed by atoms with Gasteiger partial charge in [0, 0.05) is 24.5 Å². The van der Waals surface area contributed by atoms with E-state index in [2.05, 4.69) is 5.32 Å². The van der Waals surface area contributed by atoms with Gasteiger partial charge in [-0.3, -0.25) is 14.4 Å². The van der Waals surface area contributed by atoms with Gasteiger partial charge in [-0.2, -0.15) is 0 Å². The monoisotopic (exact) mass is 339 g/mol. The predicted molar refractivity (Wildman–Crippen MR) is 95.4 cm³/mol. The van der Waals surface area contributed by atoms with Crippen LogP contribution in [-0.2, 0) is 16.1 Å². The third-order valence-corrected chi connectivity index (χ3v) is 4.33. The van der Waals surface area contributed by atoms with Crippen LogP contribution in [0.15, 0.2) is 53.5 Å². The lowest BCUT2D eigenvalue weighted by Crippen LogP contribution is -2.53. The summed E-state index contributed by atoms with van der Waals surface area (Å²) in [5, 5.41) is 2.77. The van der Waals surface area contributed by atoms with Crippen molar-refractivity contribution in [3.8, 4) is 0 Å². The molecule has 1 aromatic carbocycles. The molecular weight excluding hydrogens is 318 g/mol. The molecule has 130 valence electrons. The van der Waals surface area contributed by atoms with E-state index in [0.29, 0.717) is 13.0 Å². The van der Waals surface area contributed by atoms with Crippen LogP contribution in [0.25, 0.3) is 0 Å². The molecule has 0 aliphatic carbocycles. The van der Waals surface area contributed by atoms with Crippen molar-refractivity contribution in [2.24, 2.45) is 0 Å². The third kappa shape index (κ3) is 3.96. The highest BCUT2D eigenvalue weighted by Crippen LogP contribution is 2.21. The number of benzene rings is 1. The van der Waals surface area contributed by atoms with Crippen molar-refractivity contribution in [3.05, 3.63) is 64.6 Å². The predicted octanol–water partition coefficient (Wildman–Crippen LogP) is 1.47. The fraction of sp³-hybridized carbons (Fsp3) is 0.316. The average molecular weight is 339 g/mol. The maximum atomic E-state index is 12.7. The van der Waals surface area contributed by atoms with Crippen molar-refractivity contribution in [3.63, 3.8) is 0 Å². The van der Waals surface area contributed by atoms with Gasteiger partial charge in [0.1, 0.15) is 12.6 Å². The maximum absolute atomic E-state index is 12.7. The van der Waals surface area contributed by atoms with Gasteiger partial charge >= 0.3 is 0 Å². The van der Waals surface area contributed by atoms with Crippen LogP contribution in [0.4, 0.5) is 5.69 Å². The molecule has 2 heterocycles. The molecule has 6 heteroatoms. The third-order valence-electron chi connectivity index (χ3n) is 4.33. The molecule has 1 atom stereocenters. The Morgan fingerprint density at radius 1 is 1.16 bits per heavy atom. The van der Waals surface area contributed by atoms with E-state index < -0.39 is 6.04 Å². The van der Waals surface area contributed by atoms with Crippen molar-refractivity contribution in [1.82, 2.24) is 9.88 Å². The quantitative estimate of drug-likeness (QED) is 0.917. The second kappa shape index (κ2) is 7.34. The molecule has 25 heavy (non-hydrogen) atoms. The normalized spacial score (nSPS) is 17.4. The standard InChI is InChI=1S/C19H21N3O3/c1-14-7-9-15(10-8-14)22-12-4-5-16(19(22)25)20-17(23)13-21-11-3-2-6-18(21)24/h2-3,6-11,16H,4-5,12-13H2,1H3,(H,20,23). The van der Waals surface area contributed by atoms with E-state index in [4.69, 9.17) is 0 Å². The zero-order chi connectivity index (χ0) is 17.8. The number of carbonyl (C=O) groups is 2. The SMILES string of the molecule is Cc1ccc(N2CCCC(NC(=O)Cn3ccccc3=O)C2=O)cc1. The van der Waals surface area contributed by atoms with Gasteiger partial charge in [-0.05, 0) is 38.0 Å². The number of nitrogens with one attached hydrogen (secondary N) is 1. The fourth-order valence-corrected chi connectivity index (χ4v) is 2.98.